The first-order valence-electron chi connectivity index (χ1n) is 5.31. The summed E-state index contributed by atoms with van der Waals surface area (Å²) in [5.41, 5.74) is 4.39. The van der Waals surface area contributed by atoms with Gasteiger partial charge in [0.2, 0.25) is 0 Å². The van der Waals surface area contributed by atoms with Crippen LogP contribution in [0.3, 0.4) is 0 Å². The van der Waals surface area contributed by atoms with Gasteiger partial charge < -0.3 is 5.73 Å². The van der Waals surface area contributed by atoms with E-state index >= 15 is 0 Å². The number of aromatic nitrogens is 2. The Kier molecular flexibility index (Phi) is 3.48. The number of nitrogens with zero attached hydrogens (tertiary/aromatic N) is 2. The van der Waals surface area contributed by atoms with E-state index in [0.29, 0.717) is 11.8 Å². The van der Waals surface area contributed by atoms with Crippen LogP contribution >= 0.6 is 0 Å². The fourth-order valence-corrected chi connectivity index (χ4v) is 1.59. The minimum Gasteiger partial charge on any atom is -0.325 e. The fraction of sp³-hybridized carbons (Fsp3) is 0.167. The third-order valence-electron chi connectivity index (χ3n) is 2.45. The summed E-state index contributed by atoms with van der Waals surface area (Å²) in [6.07, 6.45) is -3.37. The summed E-state index contributed by atoms with van der Waals surface area (Å²) in [4.78, 5) is 7.68. The molecule has 19 heavy (non-hydrogen) atoms. The van der Waals surface area contributed by atoms with Crippen LogP contribution in [0.15, 0.2) is 30.5 Å². The highest BCUT2D eigenvalue weighted by molar-refractivity contribution is 5.61. The molecule has 0 aliphatic heterocycles. The van der Waals surface area contributed by atoms with Gasteiger partial charge in [0.05, 0.1) is 11.3 Å². The van der Waals surface area contributed by atoms with E-state index in [-0.39, 0.29) is 17.9 Å². The third-order valence-corrected chi connectivity index (χ3v) is 2.45. The molecule has 0 atom stereocenters. The topological polar surface area (TPSA) is 51.8 Å². The van der Waals surface area contributed by atoms with E-state index in [9.17, 15) is 17.6 Å². The number of alkyl halides is 3. The van der Waals surface area contributed by atoms with Crippen molar-refractivity contribution in [3.8, 4) is 11.4 Å². The van der Waals surface area contributed by atoms with Crippen molar-refractivity contribution in [3.05, 3.63) is 47.5 Å². The van der Waals surface area contributed by atoms with E-state index < -0.39 is 17.6 Å². The Hall–Kier alpha value is -2.02. The van der Waals surface area contributed by atoms with Gasteiger partial charge in [0, 0.05) is 18.3 Å². The first-order chi connectivity index (χ1) is 8.91. The van der Waals surface area contributed by atoms with E-state index in [4.69, 9.17) is 5.73 Å². The molecule has 0 aliphatic carbocycles. The van der Waals surface area contributed by atoms with Gasteiger partial charge in [0.25, 0.3) is 0 Å². The molecule has 0 amide bonds. The highest BCUT2D eigenvalue weighted by Crippen LogP contribution is 2.36. The first-order valence-corrected chi connectivity index (χ1v) is 5.31. The molecule has 100 valence electrons. The molecule has 0 aliphatic rings. The summed E-state index contributed by atoms with van der Waals surface area (Å²) in [5.74, 6) is -1.10. The summed E-state index contributed by atoms with van der Waals surface area (Å²) in [7, 11) is 0. The lowest BCUT2D eigenvalue weighted by atomic mass is 10.1. The van der Waals surface area contributed by atoms with Crippen LogP contribution in [0, 0.1) is 5.82 Å². The highest BCUT2D eigenvalue weighted by atomic mass is 19.4. The quantitative estimate of drug-likeness (QED) is 0.854. The van der Waals surface area contributed by atoms with Gasteiger partial charge in [0.1, 0.15) is 5.82 Å². The second-order valence-corrected chi connectivity index (χ2v) is 3.76. The molecule has 2 aromatic rings. The Morgan fingerprint density at radius 1 is 1.16 bits per heavy atom. The van der Waals surface area contributed by atoms with Gasteiger partial charge >= 0.3 is 6.18 Å². The molecule has 0 saturated carbocycles. The number of halogens is 4. The SMILES string of the molecule is NCc1ccnc(-c2ccc(F)cc2C(F)(F)F)n1. The highest BCUT2D eigenvalue weighted by Gasteiger charge is 2.34. The van der Waals surface area contributed by atoms with Crippen LogP contribution in [0.25, 0.3) is 11.4 Å². The molecule has 0 fully saturated rings. The van der Waals surface area contributed by atoms with Crippen LogP contribution in [-0.2, 0) is 12.7 Å². The zero-order chi connectivity index (χ0) is 14.0. The molecule has 1 aromatic carbocycles. The van der Waals surface area contributed by atoms with E-state index in [1.54, 1.807) is 0 Å². The maximum absolute atomic E-state index is 13.0. The second kappa shape index (κ2) is 4.93. The lowest BCUT2D eigenvalue weighted by molar-refractivity contribution is -0.137. The molecule has 0 saturated heterocycles. The lowest BCUT2D eigenvalue weighted by Crippen LogP contribution is -2.09. The zero-order valence-corrected chi connectivity index (χ0v) is 9.58. The average Bonchev–Trinajstić information content (AvgIpc) is 2.37. The van der Waals surface area contributed by atoms with Crippen LogP contribution in [-0.4, -0.2) is 9.97 Å². The van der Waals surface area contributed by atoms with Gasteiger partial charge in [-0.1, -0.05) is 0 Å². The van der Waals surface area contributed by atoms with Crippen LogP contribution in [0.1, 0.15) is 11.3 Å². The first kappa shape index (κ1) is 13.4. The zero-order valence-electron chi connectivity index (χ0n) is 9.58. The predicted octanol–water partition coefficient (Wildman–Crippen LogP) is 2.76. The second-order valence-electron chi connectivity index (χ2n) is 3.76. The smallest absolute Gasteiger partial charge is 0.325 e. The standard InChI is InChI=1S/C12H9F4N3/c13-7-1-2-9(10(5-7)12(14,15)16)11-18-4-3-8(6-17)19-11/h1-5H,6,17H2. The number of rotatable bonds is 2. The van der Waals surface area contributed by atoms with Crippen molar-refractivity contribution >= 4 is 0 Å². The van der Waals surface area contributed by atoms with E-state index in [2.05, 4.69) is 9.97 Å². The third kappa shape index (κ3) is 2.87. The predicted molar refractivity (Wildman–Crippen MR) is 60.3 cm³/mol. The Labute approximate surface area is 106 Å². The average molecular weight is 271 g/mol. The Balaban J connectivity index is 2.61. The van der Waals surface area contributed by atoms with Crippen molar-refractivity contribution in [2.24, 2.45) is 5.73 Å². The van der Waals surface area contributed by atoms with Crippen molar-refractivity contribution < 1.29 is 17.6 Å². The Morgan fingerprint density at radius 2 is 1.89 bits per heavy atom. The van der Waals surface area contributed by atoms with Crippen LogP contribution < -0.4 is 5.73 Å². The Morgan fingerprint density at radius 3 is 2.53 bits per heavy atom. The summed E-state index contributed by atoms with van der Waals surface area (Å²) in [5, 5.41) is 0. The number of hydrogen-bond donors (Lipinski definition) is 1. The molecule has 0 bridgehead atoms. The maximum atomic E-state index is 13.0. The largest absolute Gasteiger partial charge is 0.417 e. The van der Waals surface area contributed by atoms with Crippen molar-refractivity contribution in [2.45, 2.75) is 12.7 Å². The molecule has 1 heterocycles. The molecule has 0 unspecified atom stereocenters. The van der Waals surface area contributed by atoms with Gasteiger partial charge in [-0.15, -0.1) is 0 Å². The lowest BCUT2D eigenvalue weighted by Gasteiger charge is -2.12. The van der Waals surface area contributed by atoms with Crippen LogP contribution in [0.5, 0.6) is 0 Å². The fourth-order valence-electron chi connectivity index (χ4n) is 1.59. The van der Waals surface area contributed by atoms with Gasteiger partial charge in [0.15, 0.2) is 5.82 Å². The van der Waals surface area contributed by atoms with E-state index in [0.717, 1.165) is 12.1 Å². The van der Waals surface area contributed by atoms with Crippen molar-refractivity contribution in [1.29, 1.82) is 0 Å². The van der Waals surface area contributed by atoms with Crippen LogP contribution in [0.2, 0.25) is 0 Å². The molecule has 0 radical (unpaired) electrons. The van der Waals surface area contributed by atoms with Gasteiger partial charge in [-0.2, -0.15) is 13.2 Å². The molecule has 1 aromatic heterocycles. The minimum absolute atomic E-state index is 0.0814. The number of hydrogen-bond acceptors (Lipinski definition) is 3. The molecular formula is C12H9F4N3. The molecule has 2 N–H and O–H groups in total. The maximum Gasteiger partial charge on any atom is 0.417 e. The van der Waals surface area contributed by atoms with E-state index in [1.165, 1.54) is 12.3 Å². The van der Waals surface area contributed by atoms with Crippen molar-refractivity contribution in [3.63, 3.8) is 0 Å². The summed E-state index contributed by atoms with van der Waals surface area (Å²) in [6.45, 7) is 0.0814. The van der Waals surface area contributed by atoms with Gasteiger partial charge in [-0.25, -0.2) is 14.4 Å². The number of benzene rings is 1. The van der Waals surface area contributed by atoms with Crippen LogP contribution in [0.4, 0.5) is 17.6 Å². The van der Waals surface area contributed by atoms with E-state index in [1.807, 2.05) is 0 Å². The molecule has 0 spiro atoms. The normalized spacial score (nSPS) is 11.6. The minimum atomic E-state index is -4.68. The summed E-state index contributed by atoms with van der Waals surface area (Å²) < 4.78 is 51.5. The monoisotopic (exact) mass is 271 g/mol. The molecule has 7 heteroatoms. The molecule has 3 nitrogen and oxygen atoms in total. The molecule has 2 rings (SSSR count). The summed E-state index contributed by atoms with van der Waals surface area (Å²) in [6, 6.07) is 3.87. The number of nitrogens with two attached hydrogens (primary N) is 1. The Bertz CT molecular complexity index is 596. The van der Waals surface area contributed by atoms with Crippen molar-refractivity contribution in [1.82, 2.24) is 9.97 Å². The van der Waals surface area contributed by atoms with Gasteiger partial charge in [-0.05, 0) is 24.3 Å². The summed E-state index contributed by atoms with van der Waals surface area (Å²) >= 11 is 0. The molecular weight excluding hydrogens is 262 g/mol. The van der Waals surface area contributed by atoms with Gasteiger partial charge in [-0.3, -0.25) is 0 Å². The van der Waals surface area contributed by atoms with Crippen molar-refractivity contribution in [2.75, 3.05) is 0 Å².